The molecule has 0 aliphatic carbocycles. The summed E-state index contributed by atoms with van der Waals surface area (Å²) in [6.07, 6.45) is 2.85. The lowest BCUT2D eigenvalue weighted by Gasteiger charge is -2.25. The fourth-order valence-electron chi connectivity index (χ4n) is 3.87. The number of likely N-dealkylation sites (tertiary alicyclic amines) is 1. The minimum absolute atomic E-state index is 0.101. The Bertz CT molecular complexity index is 974. The lowest BCUT2D eigenvalue weighted by Crippen LogP contribution is -2.30. The summed E-state index contributed by atoms with van der Waals surface area (Å²) in [5, 5.41) is 11.1. The lowest BCUT2D eigenvalue weighted by atomic mass is 9.93. The summed E-state index contributed by atoms with van der Waals surface area (Å²) < 4.78 is 0. The average Bonchev–Trinajstić information content (AvgIpc) is 2.94. The van der Waals surface area contributed by atoms with Crippen LogP contribution in [0, 0.1) is 20.8 Å². The Morgan fingerprint density at radius 2 is 1.76 bits per heavy atom. The Hall–Kier alpha value is -2.88. The lowest BCUT2D eigenvalue weighted by molar-refractivity contribution is -0.139. The number of Topliss-reactive ketones (excluding diaryl/α,β-unsaturated/α-hetero) is 1. The second-order valence-electron chi connectivity index (χ2n) is 7.91. The molecule has 29 heavy (non-hydrogen) atoms. The Balaban J connectivity index is 2.14. The van der Waals surface area contributed by atoms with E-state index in [0.29, 0.717) is 12.1 Å². The molecule has 0 aromatic heterocycles. The van der Waals surface area contributed by atoms with E-state index in [1.54, 1.807) is 11.0 Å². The summed E-state index contributed by atoms with van der Waals surface area (Å²) in [4.78, 5) is 27.5. The van der Waals surface area contributed by atoms with Gasteiger partial charge in [0.25, 0.3) is 11.7 Å². The van der Waals surface area contributed by atoms with Gasteiger partial charge < -0.3 is 10.0 Å². The minimum Gasteiger partial charge on any atom is -0.507 e. The van der Waals surface area contributed by atoms with Crippen molar-refractivity contribution < 1.29 is 14.7 Å². The Morgan fingerprint density at radius 3 is 2.41 bits per heavy atom. The fraction of sp³-hybridized carbons (Fsp3) is 0.360. The third-order valence-electron chi connectivity index (χ3n) is 5.68. The zero-order chi connectivity index (χ0) is 21.1. The van der Waals surface area contributed by atoms with Gasteiger partial charge in [-0.3, -0.25) is 9.59 Å². The van der Waals surface area contributed by atoms with E-state index < -0.39 is 17.7 Å². The number of carbonyl (C=O) groups is 2. The molecule has 2 aromatic rings. The summed E-state index contributed by atoms with van der Waals surface area (Å²) in [5.41, 5.74) is 4.78. The third-order valence-corrected chi connectivity index (χ3v) is 5.68. The number of carbonyl (C=O) groups excluding carboxylic acids is 2. The van der Waals surface area contributed by atoms with E-state index in [2.05, 4.69) is 6.92 Å². The smallest absolute Gasteiger partial charge is 0.295 e. The topological polar surface area (TPSA) is 57.6 Å². The Morgan fingerprint density at radius 1 is 1.00 bits per heavy atom. The molecule has 1 amide bonds. The highest BCUT2D eigenvalue weighted by Gasteiger charge is 2.45. The van der Waals surface area contributed by atoms with Crippen LogP contribution in [0.4, 0.5) is 0 Å². The first-order chi connectivity index (χ1) is 13.8. The normalized spacial score (nSPS) is 18.5. The van der Waals surface area contributed by atoms with Crippen LogP contribution in [0.2, 0.25) is 0 Å². The van der Waals surface area contributed by atoms with E-state index in [1.807, 2.05) is 57.2 Å². The Labute approximate surface area is 172 Å². The number of amides is 1. The van der Waals surface area contributed by atoms with Crippen LogP contribution in [0.5, 0.6) is 0 Å². The van der Waals surface area contributed by atoms with Gasteiger partial charge >= 0.3 is 0 Å². The number of aliphatic hydroxyl groups is 1. The molecular weight excluding hydrogens is 362 g/mol. The summed E-state index contributed by atoms with van der Waals surface area (Å²) in [6, 6.07) is 12.8. The molecule has 1 saturated heterocycles. The quantitative estimate of drug-likeness (QED) is 0.318. The van der Waals surface area contributed by atoms with Crippen molar-refractivity contribution in [3.63, 3.8) is 0 Å². The minimum atomic E-state index is -0.608. The molecule has 2 aromatic carbocycles. The molecule has 0 bridgehead atoms. The maximum Gasteiger partial charge on any atom is 0.295 e. The van der Waals surface area contributed by atoms with E-state index in [4.69, 9.17) is 0 Å². The molecule has 0 spiro atoms. The van der Waals surface area contributed by atoms with Crippen LogP contribution in [0.15, 0.2) is 48.0 Å². The van der Waals surface area contributed by atoms with E-state index in [1.165, 1.54) is 0 Å². The Kier molecular flexibility index (Phi) is 6.21. The zero-order valence-corrected chi connectivity index (χ0v) is 17.7. The molecule has 152 valence electrons. The highest BCUT2D eigenvalue weighted by Crippen LogP contribution is 2.39. The molecule has 3 rings (SSSR count). The van der Waals surface area contributed by atoms with Gasteiger partial charge in [0, 0.05) is 12.1 Å². The van der Waals surface area contributed by atoms with Crippen LogP contribution in [0.25, 0.3) is 5.76 Å². The van der Waals surface area contributed by atoms with Crippen molar-refractivity contribution in [1.29, 1.82) is 0 Å². The second kappa shape index (κ2) is 8.64. The molecule has 1 aliphatic heterocycles. The average molecular weight is 392 g/mol. The van der Waals surface area contributed by atoms with Gasteiger partial charge in [-0.15, -0.1) is 0 Å². The fourth-order valence-corrected chi connectivity index (χ4v) is 3.87. The van der Waals surface area contributed by atoms with E-state index in [9.17, 15) is 14.7 Å². The zero-order valence-electron chi connectivity index (χ0n) is 17.7. The van der Waals surface area contributed by atoms with Gasteiger partial charge in [0.05, 0.1) is 11.6 Å². The van der Waals surface area contributed by atoms with Gasteiger partial charge in [0.15, 0.2) is 0 Å². The first kappa shape index (κ1) is 20.8. The van der Waals surface area contributed by atoms with Crippen molar-refractivity contribution in [2.24, 2.45) is 0 Å². The van der Waals surface area contributed by atoms with Gasteiger partial charge in [0.2, 0.25) is 0 Å². The van der Waals surface area contributed by atoms with E-state index in [0.717, 1.165) is 41.5 Å². The maximum absolute atomic E-state index is 13.0. The number of hydrogen-bond donors (Lipinski definition) is 1. The van der Waals surface area contributed by atoms with Crippen molar-refractivity contribution in [2.45, 2.75) is 53.0 Å². The molecule has 1 fully saturated rings. The predicted octanol–water partition coefficient (Wildman–Crippen LogP) is 5.22. The first-order valence-electron chi connectivity index (χ1n) is 10.3. The molecule has 1 atom stereocenters. The van der Waals surface area contributed by atoms with Crippen LogP contribution in [-0.2, 0) is 9.59 Å². The first-order valence-corrected chi connectivity index (χ1v) is 10.3. The second-order valence-corrected chi connectivity index (χ2v) is 7.91. The van der Waals surface area contributed by atoms with Gasteiger partial charge in [-0.05, 0) is 49.9 Å². The molecular formula is C25H29NO3. The van der Waals surface area contributed by atoms with Crippen molar-refractivity contribution >= 4 is 17.4 Å². The highest BCUT2D eigenvalue weighted by atomic mass is 16.3. The number of nitrogens with zero attached hydrogens (tertiary/aromatic N) is 1. The standard InChI is InChI=1S/C25H29NO3/c1-5-6-7-13-26-22(19-10-8-9-16(2)14-19)21(24(28)25(26)29)23(27)20-12-11-17(3)18(4)15-20/h8-12,14-15,22,27H,5-7,13H2,1-4H3/b23-21-. The van der Waals surface area contributed by atoms with Gasteiger partial charge in [-0.1, -0.05) is 61.7 Å². The molecule has 0 radical (unpaired) electrons. The molecule has 1 unspecified atom stereocenters. The number of unbranched alkanes of at least 4 members (excludes halogenated alkanes) is 2. The molecule has 4 heteroatoms. The maximum atomic E-state index is 13.0. The molecule has 1 N–H and O–H groups in total. The summed E-state index contributed by atoms with van der Waals surface area (Å²) in [5.74, 6) is -1.24. The molecule has 1 aliphatic rings. The van der Waals surface area contributed by atoms with Crippen LogP contribution in [0.3, 0.4) is 0 Å². The molecule has 1 heterocycles. The van der Waals surface area contributed by atoms with Crippen molar-refractivity contribution in [1.82, 2.24) is 4.90 Å². The third kappa shape index (κ3) is 4.12. The number of aryl methyl sites for hydroxylation is 3. The molecule has 0 saturated carbocycles. The van der Waals surface area contributed by atoms with Crippen LogP contribution >= 0.6 is 0 Å². The van der Waals surface area contributed by atoms with E-state index in [-0.39, 0.29) is 11.3 Å². The predicted molar refractivity (Wildman–Crippen MR) is 116 cm³/mol. The summed E-state index contributed by atoms with van der Waals surface area (Å²) in [7, 11) is 0. The van der Waals surface area contributed by atoms with Gasteiger partial charge in [-0.25, -0.2) is 0 Å². The number of benzene rings is 2. The van der Waals surface area contributed by atoms with Crippen molar-refractivity contribution in [3.05, 3.63) is 75.9 Å². The number of ketones is 1. The SMILES string of the molecule is CCCCCN1C(=O)C(=O)/C(=C(\O)c2ccc(C)c(C)c2)C1c1cccc(C)c1. The van der Waals surface area contributed by atoms with Crippen LogP contribution in [0.1, 0.15) is 60.0 Å². The van der Waals surface area contributed by atoms with Crippen molar-refractivity contribution in [2.75, 3.05) is 6.54 Å². The highest BCUT2D eigenvalue weighted by molar-refractivity contribution is 6.46. The van der Waals surface area contributed by atoms with Gasteiger partial charge in [0.1, 0.15) is 5.76 Å². The summed E-state index contributed by atoms with van der Waals surface area (Å²) >= 11 is 0. The summed E-state index contributed by atoms with van der Waals surface area (Å²) in [6.45, 7) is 8.55. The monoisotopic (exact) mass is 391 g/mol. The van der Waals surface area contributed by atoms with Gasteiger partial charge in [-0.2, -0.15) is 0 Å². The van der Waals surface area contributed by atoms with Crippen LogP contribution in [-0.4, -0.2) is 28.2 Å². The number of aliphatic hydroxyl groups excluding tert-OH is 1. The molecule has 4 nitrogen and oxygen atoms in total. The van der Waals surface area contributed by atoms with Crippen LogP contribution < -0.4 is 0 Å². The number of rotatable bonds is 6. The van der Waals surface area contributed by atoms with Crippen molar-refractivity contribution in [3.8, 4) is 0 Å². The largest absolute Gasteiger partial charge is 0.507 e. The number of hydrogen-bond acceptors (Lipinski definition) is 3. The van der Waals surface area contributed by atoms with E-state index >= 15 is 0 Å².